The largest absolute Gasteiger partial charge is 0.741 e. The highest BCUT2D eigenvalue weighted by Gasteiger charge is 2.36. The molecular weight excluding hydrogens is 283 g/mol. The molecule has 0 radical (unpaired) electrons. The number of unbranched alkanes of at least 4 members (excludes halogenated alkanes) is 7. The smallest absolute Gasteiger partial charge is 0.485 e. The molecule has 0 saturated carbocycles. The first-order valence-electron chi connectivity index (χ1n) is 6.48. The third-order valence-corrected chi connectivity index (χ3v) is 2.95. The lowest BCUT2D eigenvalue weighted by molar-refractivity contribution is -0.368. The van der Waals surface area contributed by atoms with Gasteiger partial charge >= 0.3 is 5.51 Å². The molecule has 0 heterocycles. The molecule has 0 fully saturated rings. The minimum absolute atomic E-state index is 1.12. The maximum absolute atomic E-state index is 10.7. The first kappa shape index (κ1) is 21.0. The molecule has 0 aliphatic heterocycles. The van der Waals surface area contributed by atoms with Crippen LogP contribution in [0.3, 0.4) is 0 Å². The summed E-state index contributed by atoms with van der Waals surface area (Å²) in [6.45, 7) is 3.39. The molecule has 0 unspecified atom stereocenters. The zero-order valence-corrected chi connectivity index (χ0v) is 12.2. The standard InChI is InChI=1S/C10H23N.CHF3O3S/c1-2-3-4-5-6-7-8-9-10-11;2-1(3,4)8(5,6)7/h2-11H2,1H3;(H,5,6,7). The van der Waals surface area contributed by atoms with Crippen LogP contribution in [-0.4, -0.2) is 25.0 Å². The van der Waals surface area contributed by atoms with E-state index >= 15 is 0 Å². The number of alkyl halides is 3. The summed E-state index contributed by atoms with van der Waals surface area (Å²) in [5, 5.41) is 0. The van der Waals surface area contributed by atoms with Gasteiger partial charge in [0.05, 0.1) is 6.54 Å². The quantitative estimate of drug-likeness (QED) is 0.424. The van der Waals surface area contributed by atoms with Gasteiger partial charge in [0.1, 0.15) is 0 Å². The van der Waals surface area contributed by atoms with Gasteiger partial charge < -0.3 is 10.3 Å². The van der Waals surface area contributed by atoms with E-state index in [1.54, 1.807) is 0 Å². The molecule has 0 bridgehead atoms. The number of quaternary nitrogens is 1. The Hall–Kier alpha value is -0.340. The normalized spacial score (nSPS) is 11.9. The lowest BCUT2D eigenvalue weighted by atomic mass is 10.1. The van der Waals surface area contributed by atoms with Crippen molar-refractivity contribution in [3.63, 3.8) is 0 Å². The maximum atomic E-state index is 10.7. The zero-order valence-electron chi connectivity index (χ0n) is 11.3. The van der Waals surface area contributed by atoms with E-state index in [4.69, 9.17) is 13.0 Å². The Morgan fingerprint density at radius 2 is 1.26 bits per heavy atom. The Kier molecular flexibility index (Phi) is 12.7. The number of halogens is 3. The van der Waals surface area contributed by atoms with Crippen molar-refractivity contribution in [1.29, 1.82) is 0 Å². The highest BCUT2D eigenvalue weighted by Crippen LogP contribution is 2.20. The summed E-state index contributed by atoms with van der Waals surface area (Å²) in [5.74, 6) is 0. The van der Waals surface area contributed by atoms with E-state index in [0.29, 0.717) is 0 Å². The topological polar surface area (TPSA) is 84.8 Å². The van der Waals surface area contributed by atoms with E-state index in [1.165, 1.54) is 51.4 Å². The minimum Gasteiger partial charge on any atom is -0.741 e. The molecule has 8 heteroatoms. The van der Waals surface area contributed by atoms with Gasteiger partial charge in [-0.2, -0.15) is 13.2 Å². The van der Waals surface area contributed by atoms with Crippen LogP contribution in [0.1, 0.15) is 58.3 Å². The van der Waals surface area contributed by atoms with Crippen LogP contribution in [0, 0.1) is 0 Å². The molecule has 0 aromatic rings. The molecule has 0 saturated heterocycles. The third kappa shape index (κ3) is 15.6. The summed E-state index contributed by atoms with van der Waals surface area (Å²) in [4.78, 5) is 0. The fourth-order valence-electron chi connectivity index (χ4n) is 1.31. The minimum atomic E-state index is -6.09. The van der Waals surface area contributed by atoms with E-state index in [9.17, 15) is 13.2 Å². The lowest BCUT2D eigenvalue weighted by Crippen LogP contribution is -2.50. The van der Waals surface area contributed by atoms with Crippen LogP contribution < -0.4 is 5.73 Å². The van der Waals surface area contributed by atoms with Crippen LogP contribution in [0.25, 0.3) is 0 Å². The molecule has 0 amide bonds. The third-order valence-electron chi connectivity index (χ3n) is 2.39. The van der Waals surface area contributed by atoms with Crippen molar-refractivity contribution >= 4 is 10.1 Å². The molecule has 118 valence electrons. The van der Waals surface area contributed by atoms with E-state index in [1.807, 2.05) is 0 Å². The molecule has 0 aromatic carbocycles. The van der Waals surface area contributed by atoms with Crippen molar-refractivity contribution in [2.75, 3.05) is 6.54 Å². The SMILES string of the molecule is CCCCCCCCCC[NH3+].O=S(=O)([O-])C(F)(F)F. The Bertz CT molecular complexity index is 284. The van der Waals surface area contributed by atoms with Crippen molar-refractivity contribution in [2.24, 2.45) is 0 Å². The molecule has 0 aliphatic rings. The summed E-state index contributed by atoms with van der Waals surface area (Å²) in [6.07, 6.45) is 11.3. The molecule has 3 N–H and O–H groups in total. The first-order chi connectivity index (χ1) is 8.66. The van der Waals surface area contributed by atoms with Gasteiger partial charge in [-0.3, -0.25) is 0 Å². The Balaban J connectivity index is 0. The molecule has 0 aliphatic carbocycles. The average molecular weight is 307 g/mol. The van der Waals surface area contributed by atoms with Crippen LogP contribution in [0.15, 0.2) is 0 Å². The fourth-order valence-corrected chi connectivity index (χ4v) is 1.31. The molecule has 0 rings (SSSR count). The van der Waals surface area contributed by atoms with E-state index in [-0.39, 0.29) is 0 Å². The van der Waals surface area contributed by atoms with Crippen molar-refractivity contribution in [1.82, 2.24) is 0 Å². The van der Waals surface area contributed by atoms with E-state index in [2.05, 4.69) is 12.7 Å². The van der Waals surface area contributed by atoms with Gasteiger partial charge in [-0.15, -0.1) is 0 Å². The maximum Gasteiger partial charge on any atom is 0.485 e. The highest BCUT2D eigenvalue weighted by molar-refractivity contribution is 7.86. The Labute approximate surface area is 113 Å². The molecule has 0 spiro atoms. The van der Waals surface area contributed by atoms with Crippen LogP contribution >= 0.6 is 0 Å². The van der Waals surface area contributed by atoms with Crippen LogP contribution in [0.5, 0.6) is 0 Å². The van der Waals surface area contributed by atoms with Gasteiger partial charge in [-0.25, -0.2) is 8.42 Å². The Morgan fingerprint density at radius 1 is 0.947 bits per heavy atom. The van der Waals surface area contributed by atoms with Crippen LogP contribution in [-0.2, 0) is 10.1 Å². The van der Waals surface area contributed by atoms with Gasteiger partial charge in [0.15, 0.2) is 10.1 Å². The number of rotatable bonds is 8. The summed E-state index contributed by atoms with van der Waals surface area (Å²) >= 11 is 0. The van der Waals surface area contributed by atoms with Crippen LogP contribution in [0.4, 0.5) is 13.2 Å². The summed E-state index contributed by atoms with van der Waals surface area (Å²) in [6, 6.07) is 0. The molecule has 0 atom stereocenters. The average Bonchev–Trinajstić information content (AvgIpc) is 2.26. The first-order valence-corrected chi connectivity index (χ1v) is 7.89. The van der Waals surface area contributed by atoms with Crippen molar-refractivity contribution in [2.45, 2.75) is 63.8 Å². The summed E-state index contributed by atoms with van der Waals surface area (Å²) in [5.41, 5.74) is -1.81. The Morgan fingerprint density at radius 3 is 1.53 bits per heavy atom. The molecule has 0 aromatic heterocycles. The van der Waals surface area contributed by atoms with Crippen molar-refractivity contribution in [3.05, 3.63) is 0 Å². The highest BCUT2D eigenvalue weighted by atomic mass is 32.2. The summed E-state index contributed by atoms with van der Waals surface area (Å²) in [7, 11) is -6.09. The molecular formula is C11H24F3NO3S. The summed E-state index contributed by atoms with van der Waals surface area (Å²) < 4.78 is 58.9. The number of hydrogen-bond acceptors (Lipinski definition) is 3. The van der Waals surface area contributed by atoms with Gasteiger partial charge in [-0.05, 0) is 12.8 Å². The van der Waals surface area contributed by atoms with Gasteiger partial charge in [0.25, 0.3) is 0 Å². The predicted octanol–water partition coefficient (Wildman–Crippen LogP) is 2.42. The van der Waals surface area contributed by atoms with Crippen LogP contribution in [0.2, 0.25) is 0 Å². The monoisotopic (exact) mass is 307 g/mol. The second kappa shape index (κ2) is 11.5. The molecule has 4 nitrogen and oxygen atoms in total. The fraction of sp³-hybridized carbons (Fsp3) is 1.00. The van der Waals surface area contributed by atoms with E-state index in [0.717, 1.165) is 6.54 Å². The van der Waals surface area contributed by atoms with Gasteiger partial charge in [0.2, 0.25) is 0 Å². The van der Waals surface area contributed by atoms with Gasteiger partial charge in [0, 0.05) is 0 Å². The van der Waals surface area contributed by atoms with E-state index < -0.39 is 15.6 Å². The second-order valence-electron chi connectivity index (χ2n) is 4.23. The zero-order chi connectivity index (χ0) is 15.4. The van der Waals surface area contributed by atoms with Crippen molar-refractivity contribution in [3.8, 4) is 0 Å². The lowest BCUT2D eigenvalue weighted by Gasteiger charge is -2.08. The van der Waals surface area contributed by atoms with Crippen molar-refractivity contribution < 1.29 is 31.9 Å². The number of hydrogen-bond donors (Lipinski definition) is 1. The second-order valence-corrected chi connectivity index (χ2v) is 5.60. The van der Waals surface area contributed by atoms with Gasteiger partial charge in [-0.1, -0.05) is 45.4 Å². The molecule has 19 heavy (non-hydrogen) atoms. The predicted molar refractivity (Wildman–Crippen MR) is 66.1 cm³/mol.